The minimum absolute atomic E-state index is 0. The van der Waals surface area contributed by atoms with E-state index in [2.05, 4.69) is 27.9 Å². The van der Waals surface area contributed by atoms with E-state index < -0.39 is 6.04 Å². The van der Waals surface area contributed by atoms with Crippen LogP contribution < -0.4 is 11.1 Å². The summed E-state index contributed by atoms with van der Waals surface area (Å²) in [6.45, 7) is 2.23. The largest absolute Gasteiger partial charge is 0.383 e. The Morgan fingerprint density at radius 1 is 1.59 bits per heavy atom. The number of nitrogens with two attached hydrogens (primary N) is 1. The van der Waals surface area contributed by atoms with Crippen molar-refractivity contribution in [3.63, 3.8) is 0 Å². The van der Waals surface area contributed by atoms with Gasteiger partial charge in [0.15, 0.2) is 0 Å². The molecule has 0 aromatic heterocycles. The molecule has 6 heteroatoms. The van der Waals surface area contributed by atoms with Crippen LogP contribution in [0.15, 0.2) is 18.2 Å². The number of ether oxygens (including phenoxy) is 1. The standard InChI is InChI=1S/C11H15IN2O2.ClH/c1-7-3-4-8(5-9(7)12)14-11(15)10(13)6-16-2;/h3-5,10H,6,13H2,1-2H3,(H,14,15);1H. The molecule has 1 rings (SSSR count). The van der Waals surface area contributed by atoms with E-state index in [4.69, 9.17) is 10.5 Å². The molecule has 0 aliphatic rings. The number of anilines is 1. The lowest BCUT2D eigenvalue weighted by Crippen LogP contribution is -2.39. The highest BCUT2D eigenvalue weighted by Gasteiger charge is 2.13. The maximum Gasteiger partial charge on any atom is 0.243 e. The van der Waals surface area contributed by atoms with Crippen LogP contribution in [0.1, 0.15) is 5.56 Å². The van der Waals surface area contributed by atoms with Crippen molar-refractivity contribution in [3.05, 3.63) is 27.3 Å². The molecule has 0 radical (unpaired) electrons. The molecule has 0 saturated heterocycles. The molecular weight excluding hydrogens is 354 g/mol. The smallest absolute Gasteiger partial charge is 0.243 e. The van der Waals surface area contributed by atoms with E-state index in [0.29, 0.717) is 0 Å². The van der Waals surface area contributed by atoms with E-state index >= 15 is 0 Å². The quantitative estimate of drug-likeness (QED) is 0.796. The number of methoxy groups -OCH3 is 1. The van der Waals surface area contributed by atoms with Gasteiger partial charge in [-0.15, -0.1) is 12.4 Å². The minimum atomic E-state index is -0.635. The monoisotopic (exact) mass is 370 g/mol. The summed E-state index contributed by atoms with van der Waals surface area (Å²) >= 11 is 2.22. The fraction of sp³-hybridized carbons (Fsp3) is 0.364. The van der Waals surface area contributed by atoms with Gasteiger partial charge in [-0.05, 0) is 47.2 Å². The number of halogens is 2. The van der Waals surface area contributed by atoms with Crippen molar-refractivity contribution >= 4 is 46.6 Å². The topological polar surface area (TPSA) is 64.3 Å². The Morgan fingerprint density at radius 2 is 2.24 bits per heavy atom. The van der Waals surface area contributed by atoms with Gasteiger partial charge in [-0.2, -0.15) is 0 Å². The second-order valence-electron chi connectivity index (χ2n) is 3.52. The predicted molar refractivity (Wildman–Crippen MR) is 79.6 cm³/mol. The summed E-state index contributed by atoms with van der Waals surface area (Å²) in [6, 6.07) is 5.09. The summed E-state index contributed by atoms with van der Waals surface area (Å²) < 4.78 is 5.93. The Balaban J connectivity index is 0.00000256. The summed E-state index contributed by atoms with van der Waals surface area (Å²) in [5, 5.41) is 2.75. The Labute approximate surface area is 121 Å². The molecule has 4 nitrogen and oxygen atoms in total. The maximum absolute atomic E-state index is 11.6. The summed E-state index contributed by atoms with van der Waals surface area (Å²) in [4.78, 5) is 11.6. The first-order valence-corrected chi connectivity index (χ1v) is 5.94. The first-order valence-electron chi connectivity index (χ1n) is 4.86. The van der Waals surface area contributed by atoms with Gasteiger partial charge in [0, 0.05) is 16.4 Å². The minimum Gasteiger partial charge on any atom is -0.383 e. The molecule has 0 aliphatic heterocycles. The Bertz CT molecular complexity index is 388. The Kier molecular flexibility index (Phi) is 7.69. The third-order valence-electron chi connectivity index (χ3n) is 2.12. The molecule has 3 N–H and O–H groups in total. The molecule has 1 atom stereocenters. The Morgan fingerprint density at radius 3 is 2.76 bits per heavy atom. The van der Waals surface area contributed by atoms with E-state index in [1.807, 2.05) is 25.1 Å². The highest BCUT2D eigenvalue weighted by atomic mass is 127. The number of hydrogen-bond acceptors (Lipinski definition) is 3. The van der Waals surface area contributed by atoms with Crippen LogP contribution in [0.4, 0.5) is 5.69 Å². The summed E-state index contributed by atoms with van der Waals surface area (Å²) in [5.41, 5.74) is 7.54. The molecule has 1 unspecified atom stereocenters. The predicted octanol–water partition coefficient (Wildman–Crippen LogP) is 1.93. The number of amides is 1. The van der Waals surface area contributed by atoms with Crippen LogP contribution in [0.5, 0.6) is 0 Å². The first kappa shape index (κ1) is 16.6. The van der Waals surface area contributed by atoms with Gasteiger partial charge in [0.05, 0.1) is 6.61 Å². The van der Waals surface area contributed by atoms with Crippen molar-refractivity contribution < 1.29 is 9.53 Å². The summed E-state index contributed by atoms with van der Waals surface area (Å²) in [7, 11) is 1.52. The number of carbonyl (C=O) groups is 1. The molecule has 1 amide bonds. The average molecular weight is 371 g/mol. The van der Waals surface area contributed by atoms with Gasteiger partial charge < -0.3 is 15.8 Å². The van der Waals surface area contributed by atoms with Crippen molar-refractivity contribution in [2.75, 3.05) is 19.0 Å². The first-order chi connectivity index (χ1) is 7.54. The van der Waals surface area contributed by atoms with Crippen LogP contribution in [0, 0.1) is 10.5 Å². The van der Waals surface area contributed by atoms with E-state index in [-0.39, 0.29) is 24.9 Å². The summed E-state index contributed by atoms with van der Waals surface area (Å²) in [6.07, 6.45) is 0. The average Bonchev–Trinajstić information content (AvgIpc) is 2.24. The maximum atomic E-state index is 11.6. The van der Waals surface area contributed by atoms with Gasteiger partial charge >= 0.3 is 0 Å². The molecule has 0 bridgehead atoms. The van der Waals surface area contributed by atoms with Gasteiger partial charge in [0.1, 0.15) is 6.04 Å². The number of rotatable bonds is 4. The van der Waals surface area contributed by atoms with Gasteiger partial charge in [0.25, 0.3) is 0 Å². The van der Waals surface area contributed by atoms with Gasteiger partial charge in [0.2, 0.25) is 5.91 Å². The van der Waals surface area contributed by atoms with Crippen molar-refractivity contribution in [2.45, 2.75) is 13.0 Å². The van der Waals surface area contributed by atoms with E-state index in [1.165, 1.54) is 12.7 Å². The van der Waals surface area contributed by atoms with Crippen LogP contribution >= 0.6 is 35.0 Å². The third kappa shape index (κ3) is 5.20. The molecule has 0 saturated carbocycles. The highest BCUT2D eigenvalue weighted by molar-refractivity contribution is 14.1. The fourth-order valence-corrected chi connectivity index (χ4v) is 1.68. The number of nitrogens with one attached hydrogen (secondary N) is 1. The van der Waals surface area contributed by atoms with Crippen LogP contribution in [0.2, 0.25) is 0 Å². The zero-order valence-corrected chi connectivity index (χ0v) is 12.7. The third-order valence-corrected chi connectivity index (χ3v) is 3.28. The number of carbonyl (C=O) groups excluding carboxylic acids is 1. The molecule has 0 heterocycles. The lowest BCUT2D eigenvalue weighted by molar-refractivity contribution is -0.118. The molecule has 0 fully saturated rings. The molecule has 1 aromatic carbocycles. The number of aryl methyl sites for hydroxylation is 1. The normalized spacial score (nSPS) is 11.5. The van der Waals surface area contributed by atoms with Crippen molar-refractivity contribution in [1.82, 2.24) is 0 Å². The van der Waals surface area contributed by atoms with Crippen molar-refractivity contribution in [1.29, 1.82) is 0 Å². The van der Waals surface area contributed by atoms with Crippen molar-refractivity contribution in [2.24, 2.45) is 5.73 Å². The molecular formula is C11H16ClIN2O2. The Hall–Kier alpha value is -0.370. The van der Waals surface area contributed by atoms with Gasteiger partial charge in [-0.1, -0.05) is 6.07 Å². The lowest BCUT2D eigenvalue weighted by atomic mass is 10.2. The van der Waals surface area contributed by atoms with Gasteiger partial charge in [-0.25, -0.2) is 0 Å². The number of benzene rings is 1. The van der Waals surface area contributed by atoms with Crippen LogP contribution in [-0.2, 0) is 9.53 Å². The summed E-state index contributed by atoms with van der Waals surface area (Å²) in [5.74, 6) is -0.235. The van der Waals surface area contributed by atoms with E-state index in [1.54, 1.807) is 0 Å². The number of hydrogen-bond donors (Lipinski definition) is 2. The lowest BCUT2D eigenvalue weighted by Gasteiger charge is -2.11. The van der Waals surface area contributed by atoms with Crippen LogP contribution in [0.25, 0.3) is 0 Å². The molecule has 0 aliphatic carbocycles. The van der Waals surface area contributed by atoms with E-state index in [0.717, 1.165) is 9.26 Å². The van der Waals surface area contributed by atoms with Crippen molar-refractivity contribution in [3.8, 4) is 0 Å². The fourth-order valence-electron chi connectivity index (χ4n) is 1.16. The molecule has 17 heavy (non-hydrogen) atoms. The molecule has 96 valence electrons. The zero-order valence-electron chi connectivity index (χ0n) is 9.70. The molecule has 0 spiro atoms. The zero-order chi connectivity index (χ0) is 12.1. The second-order valence-corrected chi connectivity index (χ2v) is 4.68. The van der Waals surface area contributed by atoms with E-state index in [9.17, 15) is 4.79 Å². The van der Waals surface area contributed by atoms with Crippen LogP contribution in [-0.4, -0.2) is 25.7 Å². The second kappa shape index (κ2) is 7.86. The molecule has 1 aromatic rings. The van der Waals surface area contributed by atoms with Crippen LogP contribution in [0.3, 0.4) is 0 Å². The van der Waals surface area contributed by atoms with Gasteiger partial charge in [-0.3, -0.25) is 4.79 Å². The highest BCUT2D eigenvalue weighted by Crippen LogP contribution is 2.17. The SMILES string of the molecule is COCC(N)C(=O)Nc1ccc(C)c(I)c1.Cl.